The Labute approximate surface area is 191 Å². The van der Waals surface area contributed by atoms with Gasteiger partial charge in [0.25, 0.3) is 0 Å². The monoisotopic (exact) mass is 896 g/mol. The van der Waals surface area contributed by atoms with Crippen molar-refractivity contribution in [3.63, 3.8) is 0 Å². The van der Waals surface area contributed by atoms with E-state index in [0.717, 1.165) is 2.71 Å². The molecule has 0 aliphatic carbocycles. The van der Waals surface area contributed by atoms with Crippen molar-refractivity contribution in [3.05, 3.63) is 0 Å². The van der Waals surface area contributed by atoms with Crippen molar-refractivity contribution in [1.82, 2.24) is 0 Å². The Hall–Kier alpha value is 4.42. The van der Waals surface area contributed by atoms with Gasteiger partial charge >= 0.3 is 195 Å². The van der Waals surface area contributed by atoms with Crippen LogP contribution < -0.4 is 0 Å². The topological polar surface area (TPSA) is 0 Å². The molecular weight excluding hydrogens is 861 g/mol. The van der Waals surface area contributed by atoms with Crippen LogP contribution in [0.3, 0.4) is 0 Å². The van der Waals surface area contributed by atoms with E-state index >= 15 is 0 Å². The van der Waals surface area contributed by atoms with Crippen LogP contribution in [-0.4, -0.2) is 52.4 Å². The molecule has 0 fully saturated rings. The van der Waals surface area contributed by atoms with Gasteiger partial charge in [-0.05, 0) is 0 Å². The van der Waals surface area contributed by atoms with Crippen LogP contribution in [0, 0.1) is 0 Å². The Morgan fingerprint density at radius 2 is 1.18 bits per heavy atom. The van der Waals surface area contributed by atoms with Crippen LogP contribution in [0.25, 0.3) is 0 Å². The van der Waals surface area contributed by atoms with Crippen molar-refractivity contribution in [3.8, 4) is 0 Å². The number of halogens is 3. The summed E-state index contributed by atoms with van der Waals surface area (Å²) in [6, 6.07) is 0. The van der Waals surface area contributed by atoms with Crippen LogP contribution in [-0.2, 0) is 0 Å². The summed E-state index contributed by atoms with van der Waals surface area (Å²) in [7, 11) is 0. The van der Waals surface area contributed by atoms with E-state index in [2.05, 4.69) is 97.1 Å². The molecule has 0 aromatic carbocycles. The Bertz CT molecular complexity index is 291. The molecule has 0 N–H and O–H groups in total. The molecule has 0 nitrogen and oxygen atoms in total. The summed E-state index contributed by atoms with van der Waals surface area (Å²) < 4.78 is 1.02. The molecule has 0 saturated carbocycles. The van der Waals surface area contributed by atoms with Crippen molar-refractivity contribution < 1.29 is 0 Å². The molecular formula is C15H35As4I3. The first-order chi connectivity index (χ1) is 9.94. The number of rotatable bonds is 12. The van der Waals surface area contributed by atoms with Gasteiger partial charge in [0, 0.05) is 0 Å². The zero-order chi connectivity index (χ0) is 17.4. The van der Waals surface area contributed by atoms with Crippen molar-refractivity contribution in [2.45, 2.75) is 82.3 Å². The molecule has 0 bridgehead atoms. The molecule has 0 amide bonds. The van der Waals surface area contributed by atoms with Crippen LogP contribution in [0.1, 0.15) is 19.3 Å². The number of hydrogen-bond donors (Lipinski definition) is 0. The van der Waals surface area contributed by atoms with Crippen LogP contribution in [0.15, 0.2) is 0 Å². The summed E-state index contributed by atoms with van der Waals surface area (Å²) in [4.78, 5) is 0. The summed E-state index contributed by atoms with van der Waals surface area (Å²) >= 11 is 7.57. The molecule has 0 aromatic rings. The van der Waals surface area contributed by atoms with Gasteiger partial charge in [-0.25, -0.2) is 0 Å². The predicted octanol–water partition coefficient (Wildman–Crippen LogP) is 8.03. The fourth-order valence-electron chi connectivity index (χ4n) is 2.44. The van der Waals surface area contributed by atoms with E-state index in [9.17, 15) is 0 Å². The van der Waals surface area contributed by atoms with Gasteiger partial charge in [-0.3, -0.25) is 0 Å². The fraction of sp³-hybridized carbons (Fsp3) is 1.00. The first kappa shape index (κ1) is 26.4. The van der Waals surface area contributed by atoms with Gasteiger partial charge in [-0.2, -0.15) is 0 Å². The molecule has 0 rings (SSSR count). The summed E-state index contributed by atoms with van der Waals surface area (Å²) in [5, 5.41) is 8.03. The second kappa shape index (κ2) is 12.8. The van der Waals surface area contributed by atoms with E-state index in [1.54, 1.807) is 38.9 Å². The standard InChI is InChI=1S/C15H35As4I3/c1-16(2)10-7-12-19(21,22,13-8-11-17(3)4)14-9-15(20)18(5)6/h15H,7-14H2,1-6H3. The van der Waals surface area contributed by atoms with Gasteiger partial charge in [0.05, 0.1) is 0 Å². The summed E-state index contributed by atoms with van der Waals surface area (Å²) in [6.45, 7) is 0. The van der Waals surface area contributed by atoms with Gasteiger partial charge in [-0.15, -0.1) is 0 Å². The first-order valence-electron chi connectivity index (χ1n) is 7.99. The molecule has 0 aromatic heterocycles. The quantitative estimate of drug-likeness (QED) is 0.106. The molecule has 0 radical (unpaired) electrons. The fourth-order valence-corrected chi connectivity index (χ4v) is 28.5. The van der Waals surface area contributed by atoms with Crippen LogP contribution in [0.5, 0.6) is 0 Å². The van der Waals surface area contributed by atoms with E-state index in [-0.39, 0.29) is 0 Å². The third-order valence-corrected chi connectivity index (χ3v) is 41.3. The van der Waals surface area contributed by atoms with E-state index in [1.165, 1.54) is 6.42 Å². The van der Waals surface area contributed by atoms with E-state index < -0.39 is 49.7 Å². The minimum absolute atomic E-state index is 0.417. The third-order valence-electron chi connectivity index (χ3n) is 3.91. The van der Waals surface area contributed by atoms with Gasteiger partial charge in [-0.1, -0.05) is 0 Å². The average Bonchev–Trinajstić information content (AvgIpc) is 2.35. The molecule has 1 atom stereocenters. The van der Waals surface area contributed by atoms with Crippen LogP contribution in [0.4, 0.5) is 0 Å². The second-order valence-corrected chi connectivity index (χ2v) is 71.8. The Morgan fingerprint density at radius 3 is 1.50 bits per heavy atom. The molecule has 0 saturated heterocycles. The number of alkyl halides is 1. The first-order valence-corrected chi connectivity index (χ1v) is 39.7. The van der Waals surface area contributed by atoms with Gasteiger partial charge < -0.3 is 0 Å². The Balaban J connectivity index is 4.70. The van der Waals surface area contributed by atoms with Crippen molar-refractivity contribution in [2.75, 3.05) is 0 Å². The maximum absolute atomic E-state index is 3.07. The SMILES string of the molecule is C[As](C)CCC[As](I)(I)(CCC[As](C)C)CCC(I)[As](C)C. The Kier molecular flexibility index (Phi) is 15.4. The van der Waals surface area contributed by atoms with Crippen LogP contribution in [0.2, 0.25) is 60.3 Å². The van der Waals surface area contributed by atoms with E-state index in [1.807, 2.05) is 0 Å². The molecule has 7 heteroatoms. The van der Waals surface area contributed by atoms with E-state index in [0.29, 0.717) is 0 Å². The van der Waals surface area contributed by atoms with Gasteiger partial charge in [0.15, 0.2) is 0 Å². The average molecular weight is 896 g/mol. The van der Waals surface area contributed by atoms with Crippen molar-refractivity contribution in [1.29, 1.82) is 0 Å². The normalized spacial score (nSPS) is 16.3. The van der Waals surface area contributed by atoms with Gasteiger partial charge in [0.1, 0.15) is 0 Å². The third kappa shape index (κ3) is 13.6. The molecule has 1 unspecified atom stereocenters. The second-order valence-electron chi connectivity index (χ2n) is 7.12. The molecule has 136 valence electrons. The summed E-state index contributed by atoms with van der Waals surface area (Å²) in [6.07, 6.45) is 4.63. The molecule has 0 spiro atoms. The summed E-state index contributed by atoms with van der Waals surface area (Å²) in [5.41, 5.74) is 15.2. The molecule has 0 aliphatic heterocycles. The molecule has 0 heterocycles. The predicted molar refractivity (Wildman–Crippen MR) is 142 cm³/mol. The van der Waals surface area contributed by atoms with Crippen molar-refractivity contribution >= 4 is 113 Å². The molecule has 0 aliphatic rings. The van der Waals surface area contributed by atoms with Gasteiger partial charge in [0.2, 0.25) is 0 Å². The zero-order valence-electron chi connectivity index (χ0n) is 15.2. The minimum atomic E-state index is -2.07. The van der Waals surface area contributed by atoms with Crippen LogP contribution >= 0.6 is 62.8 Å². The molecule has 22 heavy (non-hydrogen) atoms. The van der Waals surface area contributed by atoms with E-state index in [4.69, 9.17) is 0 Å². The summed E-state index contributed by atoms with van der Waals surface area (Å²) in [5.74, 6) is -2.07. The zero-order valence-corrected chi connectivity index (χ0v) is 29.1. The number of hydrogen-bond acceptors (Lipinski definition) is 0. The Morgan fingerprint density at radius 1 is 0.773 bits per heavy atom. The van der Waals surface area contributed by atoms with Crippen molar-refractivity contribution in [2.24, 2.45) is 0 Å². The maximum atomic E-state index is 3.07.